The summed E-state index contributed by atoms with van der Waals surface area (Å²) in [5.74, 6) is -0.751. The molecule has 2 rings (SSSR count). The fourth-order valence-electron chi connectivity index (χ4n) is 1.79. The SMILES string of the molecule is CCn1ncc(Cl)c1C(=O)c1cc(F)ccc1C. The van der Waals surface area contributed by atoms with Crippen molar-refractivity contribution in [1.29, 1.82) is 0 Å². The van der Waals surface area contributed by atoms with E-state index in [0.29, 0.717) is 23.4 Å². The van der Waals surface area contributed by atoms with Crippen LogP contribution in [-0.2, 0) is 6.54 Å². The van der Waals surface area contributed by atoms with Crippen molar-refractivity contribution in [2.24, 2.45) is 0 Å². The number of rotatable bonds is 3. The van der Waals surface area contributed by atoms with Gasteiger partial charge in [0.05, 0.1) is 11.2 Å². The highest BCUT2D eigenvalue weighted by atomic mass is 35.5. The van der Waals surface area contributed by atoms with Gasteiger partial charge in [0.1, 0.15) is 11.5 Å². The number of nitrogens with zero attached hydrogens (tertiary/aromatic N) is 2. The third-order valence-electron chi connectivity index (χ3n) is 2.75. The van der Waals surface area contributed by atoms with E-state index in [1.807, 2.05) is 6.92 Å². The molecule has 0 fully saturated rings. The second-order valence-corrected chi connectivity index (χ2v) is 4.35. The first-order chi connectivity index (χ1) is 8.54. The standard InChI is InChI=1S/C13H12ClFN2O/c1-3-17-12(11(14)7-16-17)13(18)10-6-9(15)5-4-8(10)2/h4-7H,3H2,1-2H3. The Kier molecular flexibility index (Phi) is 3.48. The molecule has 1 aromatic carbocycles. The Morgan fingerprint density at radius 2 is 2.22 bits per heavy atom. The zero-order chi connectivity index (χ0) is 13.3. The maximum atomic E-state index is 13.2. The molecule has 94 valence electrons. The Balaban J connectivity index is 2.54. The number of ketones is 1. The summed E-state index contributed by atoms with van der Waals surface area (Å²) < 4.78 is 14.7. The monoisotopic (exact) mass is 266 g/mol. The molecular weight excluding hydrogens is 255 g/mol. The van der Waals surface area contributed by atoms with E-state index >= 15 is 0 Å². The van der Waals surface area contributed by atoms with Crippen molar-refractivity contribution in [3.05, 3.63) is 52.1 Å². The molecule has 0 aliphatic rings. The molecule has 0 amide bonds. The van der Waals surface area contributed by atoms with Crippen LogP contribution in [-0.4, -0.2) is 15.6 Å². The minimum atomic E-state index is -0.442. The molecule has 0 saturated heterocycles. The third-order valence-corrected chi connectivity index (χ3v) is 3.03. The number of aryl methyl sites for hydroxylation is 2. The summed E-state index contributed by atoms with van der Waals surface area (Å²) >= 11 is 5.96. The molecule has 0 radical (unpaired) electrons. The average molecular weight is 267 g/mol. The minimum Gasteiger partial charge on any atom is -0.287 e. The maximum Gasteiger partial charge on any atom is 0.212 e. The number of halogens is 2. The van der Waals surface area contributed by atoms with Crippen molar-refractivity contribution < 1.29 is 9.18 Å². The molecule has 18 heavy (non-hydrogen) atoms. The highest BCUT2D eigenvalue weighted by Crippen LogP contribution is 2.21. The van der Waals surface area contributed by atoms with Gasteiger partial charge < -0.3 is 0 Å². The van der Waals surface area contributed by atoms with Gasteiger partial charge in [-0.1, -0.05) is 17.7 Å². The van der Waals surface area contributed by atoms with Crippen LogP contribution >= 0.6 is 11.6 Å². The lowest BCUT2D eigenvalue weighted by atomic mass is 10.0. The van der Waals surface area contributed by atoms with Gasteiger partial charge >= 0.3 is 0 Å². The predicted octanol–water partition coefficient (Wildman–Crippen LogP) is 3.23. The molecule has 0 aliphatic heterocycles. The highest BCUT2D eigenvalue weighted by Gasteiger charge is 2.20. The highest BCUT2D eigenvalue weighted by molar-refractivity contribution is 6.34. The van der Waals surface area contributed by atoms with Gasteiger partial charge in [0.15, 0.2) is 0 Å². The normalized spacial score (nSPS) is 10.7. The Hall–Kier alpha value is -1.68. The van der Waals surface area contributed by atoms with Gasteiger partial charge in [0.2, 0.25) is 5.78 Å². The van der Waals surface area contributed by atoms with Gasteiger partial charge in [-0.25, -0.2) is 4.39 Å². The summed E-state index contributed by atoms with van der Waals surface area (Å²) in [5, 5.41) is 4.29. The summed E-state index contributed by atoms with van der Waals surface area (Å²) in [4.78, 5) is 12.4. The Labute approximate surface area is 109 Å². The second-order valence-electron chi connectivity index (χ2n) is 3.95. The molecule has 0 aliphatic carbocycles. The van der Waals surface area contributed by atoms with Gasteiger partial charge in [-0.15, -0.1) is 0 Å². The lowest BCUT2D eigenvalue weighted by molar-refractivity contribution is 0.102. The Morgan fingerprint density at radius 3 is 2.89 bits per heavy atom. The predicted molar refractivity (Wildman–Crippen MR) is 67.5 cm³/mol. The zero-order valence-corrected chi connectivity index (χ0v) is 10.8. The molecule has 3 nitrogen and oxygen atoms in total. The first-order valence-electron chi connectivity index (χ1n) is 5.56. The summed E-state index contributed by atoms with van der Waals surface area (Å²) in [5.41, 5.74) is 1.32. The number of aromatic nitrogens is 2. The average Bonchev–Trinajstić information content (AvgIpc) is 2.72. The number of hydrogen-bond acceptors (Lipinski definition) is 2. The molecule has 0 spiro atoms. The van der Waals surface area contributed by atoms with Crippen LogP contribution in [0.2, 0.25) is 5.02 Å². The summed E-state index contributed by atoms with van der Waals surface area (Å²) in [6.45, 7) is 4.15. The lowest BCUT2D eigenvalue weighted by Gasteiger charge is -2.07. The van der Waals surface area contributed by atoms with E-state index in [2.05, 4.69) is 5.10 Å². The van der Waals surface area contributed by atoms with Crippen LogP contribution in [0.1, 0.15) is 28.5 Å². The fourth-order valence-corrected chi connectivity index (χ4v) is 2.02. The van der Waals surface area contributed by atoms with Crippen molar-refractivity contribution in [2.75, 3.05) is 0 Å². The molecule has 0 saturated carbocycles. The number of hydrogen-bond donors (Lipinski definition) is 0. The minimum absolute atomic E-state index is 0.283. The molecule has 0 atom stereocenters. The zero-order valence-electron chi connectivity index (χ0n) is 10.1. The molecule has 0 bridgehead atoms. The Morgan fingerprint density at radius 1 is 1.50 bits per heavy atom. The third kappa shape index (κ3) is 2.16. The van der Waals surface area contributed by atoms with E-state index in [-0.39, 0.29) is 10.8 Å². The van der Waals surface area contributed by atoms with Gasteiger partial charge in [-0.05, 0) is 31.5 Å². The smallest absolute Gasteiger partial charge is 0.212 e. The largest absolute Gasteiger partial charge is 0.287 e. The Bertz CT molecular complexity index is 607. The van der Waals surface area contributed by atoms with E-state index in [0.717, 1.165) is 0 Å². The van der Waals surface area contributed by atoms with Gasteiger partial charge in [0.25, 0.3) is 0 Å². The van der Waals surface area contributed by atoms with Gasteiger partial charge in [0, 0.05) is 12.1 Å². The van der Waals surface area contributed by atoms with Crippen LogP contribution in [0.5, 0.6) is 0 Å². The number of benzene rings is 1. The van der Waals surface area contributed by atoms with Crippen molar-refractivity contribution in [3.63, 3.8) is 0 Å². The van der Waals surface area contributed by atoms with E-state index in [4.69, 9.17) is 11.6 Å². The molecular formula is C13H12ClFN2O. The van der Waals surface area contributed by atoms with E-state index in [1.165, 1.54) is 23.0 Å². The number of carbonyl (C=O) groups excluding carboxylic acids is 1. The van der Waals surface area contributed by atoms with Crippen molar-refractivity contribution in [3.8, 4) is 0 Å². The first-order valence-corrected chi connectivity index (χ1v) is 5.94. The lowest BCUT2D eigenvalue weighted by Crippen LogP contribution is -2.12. The van der Waals surface area contributed by atoms with Crippen LogP contribution in [0.4, 0.5) is 4.39 Å². The van der Waals surface area contributed by atoms with Crippen LogP contribution in [0, 0.1) is 12.7 Å². The summed E-state index contributed by atoms with van der Waals surface area (Å²) in [6.07, 6.45) is 1.42. The molecule has 1 heterocycles. The van der Waals surface area contributed by atoms with Crippen LogP contribution in [0.25, 0.3) is 0 Å². The summed E-state index contributed by atoms with van der Waals surface area (Å²) in [7, 11) is 0. The van der Waals surface area contributed by atoms with Gasteiger partial charge in [-0.2, -0.15) is 5.10 Å². The molecule has 2 aromatic rings. The summed E-state index contributed by atoms with van der Waals surface area (Å²) in [6, 6.07) is 4.12. The van der Waals surface area contributed by atoms with Crippen LogP contribution < -0.4 is 0 Å². The molecule has 1 aromatic heterocycles. The first kappa shape index (κ1) is 12.8. The van der Waals surface area contributed by atoms with Crippen molar-refractivity contribution >= 4 is 17.4 Å². The molecule has 0 N–H and O–H groups in total. The van der Waals surface area contributed by atoms with Crippen LogP contribution in [0.15, 0.2) is 24.4 Å². The number of carbonyl (C=O) groups is 1. The quantitative estimate of drug-likeness (QED) is 0.800. The molecule has 5 heteroatoms. The van der Waals surface area contributed by atoms with E-state index < -0.39 is 5.82 Å². The molecule has 0 unspecified atom stereocenters. The van der Waals surface area contributed by atoms with Gasteiger partial charge in [-0.3, -0.25) is 9.48 Å². The van der Waals surface area contributed by atoms with E-state index in [9.17, 15) is 9.18 Å². The van der Waals surface area contributed by atoms with Crippen molar-refractivity contribution in [1.82, 2.24) is 9.78 Å². The van der Waals surface area contributed by atoms with Crippen LogP contribution in [0.3, 0.4) is 0 Å². The van der Waals surface area contributed by atoms with Crippen molar-refractivity contribution in [2.45, 2.75) is 20.4 Å². The van der Waals surface area contributed by atoms with E-state index in [1.54, 1.807) is 13.0 Å². The second kappa shape index (κ2) is 4.90. The fraction of sp³-hybridized carbons (Fsp3) is 0.231. The topological polar surface area (TPSA) is 34.9 Å². The maximum absolute atomic E-state index is 13.2.